The van der Waals surface area contributed by atoms with Gasteiger partial charge in [-0.1, -0.05) is 24.3 Å². The number of amides is 2. The summed E-state index contributed by atoms with van der Waals surface area (Å²) in [7, 11) is 0. The van der Waals surface area contributed by atoms with Crippen molar-refractivity contribution in [3.8, 4) is 0 Å². The zero-order valence-corrected chi connectivity index (χ0v) is 24.1. The number of hydrogen-bond donors (Lipinski definition) is 0. The van der Waals surface area contributed by atoms with Crippen molar-refractivity contribution in [2.75, 3.05) is 19.8 Å². The first-order chi connectivity index (χ1) is 17.6. The maximum absolute atomic E-state index is 13.4. The van der Waals surface area contributed by atoms with E-state index in [2.05, 4.69) is 12.7 Å². The lowest BCUT2D eigenvalue weighted by atomic mass is 10.0. The maximum Gasteiger partial charge on any atom is 0.420 e. The molecule has 0 radical (unpaired) electrons. The Bertz CT molecular complexity index is 843. The standard InChI is InChI=1S/C28H45NO9/c1-18(2)15-34-23-19(3)35-24(30)21(16-33-17-22(23)36-20-13-11-10-12-14-20)29(25(31)37-27(4,5)6)26(32)38-28(7,8)9/h11,13,19-23H,1,10,12,14-17H2,2-9H3/t19-,20?,21-,22-,23-/m0/s1. The lowest BCUT2D eigenvalue weighted by Crippen LogP contribution is -2.54. The zero-order valence-electron chi connectivity index (χ0n) is 24.1. The van der Waals surface area contributed by atoms with Gasteiger partial charge in [0.2, 0.25) is 0 Å². The van der Waals surface area contributed by atoms with Crippen LogP contribution in [0.15, 0.2) is 24.3 Å². The molecule has 1 fully saturated rings. The first-order valence-electron chi connectivity index (χ1n) is 13.2. The lowest BCUT2D eigenvalue weighted by Gasteiger charge is -2.33. The van der Waals surface area contributed by atoms with Crippen LogP contribution in [0.25, 0.3) is 0 Å². The highest BCUT2D eigenvalue weighted by atomic mass is 16.6. The van der Waals surface area contributed by atoms with Crippen molar-refractivity contribution in [3.63, 3.8) is 0 Å². The lowest BCUT2D eigenvalue weighted by molar-refractivity contribution is -0.171. The van der Waals surface area contributed by atoms with Crippen LogP contribution in [0.5, 0.6) is 0 Å². The first-order valence-corrected chi connectivity index (χ1v) is 13.2. The van der Waals surface area contributed by atoms with E-state index in [0.29, 0.717) is 4.90 Å². The molecule has 1 unspecified atom stereocenters. The van der Waals surface area contributed by atoms with Crippen molar-refractivity contribution in [3.05, 3.63) is 24.3 Å². The number of esters is 1. The minimum Gasteiger partial charge on any atom is -0.458 e. The SMILES string of the molecule is C=C(C)CO[C@H]1[C@H](C)OC(=O)[C@@H](N(C(=O)OC(C)(C)C)C(=O)OC(C)(C)C)COC[C@@H]1OC1C=CCCC1. The summed E-state index contributed by atoms with van der Waals surface area (Å²) in [4.78, 5) is 40.3. The van der Waals surface area contributed by atoms with Crippen LogP contribution in [0.3, 0.4) is 0 Å². The Morgan fingerprint density at radius 3 is 2.18 bits per heavy atom. The zero-order chi connectivity index (χ0) is 28.7. The summed E-state index contributed by atoms with van der Waals surface area (Å²) < 4.78 is 34.9. The molecule has 0 aromatic carbocycles. The van der Waals surface area contributed by atoms with Gasteiger partial charge in [0, 0.05) is 0 Å². The molecule has 216 valence electrons. The van der Waals surface area contributed by atoms with E-state index in [0.717, 1.165) is 24.8 Å². The van der Waals surface area contributed by atoms with E-state index in [1.54, 1.807) is 48.5 Å². The van der Waals surface area contributed by atoms with Crippen LogP contribution in [0, 0.1) is 0 Å². The van der Waals surface area contributed by atoms with Crippen molar-refractivity contribution in [1.29, 1.82) is 0 Å². The minimum atomic E-state index is -1.45. The fourth-order valence-corrected chi connectivity index (χ4v) is 3.94. The van der Waals surface area contributed by atoms with Crippen molar-refractivity contribution in [1.82, 2.24) is 4.90 Å². The molecule has 10 heteroatoms. The second kappa shape index (κ2) is 13.6. The summed E-state index contributed by atoms with van der Waals surface area (Å²) in [6.07, 6.45) is 2.67. The maximum atomic E-state index is 13.4. The molecule has 1 aliphatic heterocycles. The number of ether oxygens (including phenoxy) is 6. The number of hydrogen-bond acceptors (Lipinski definition) is 9. The predicted molar refractivity (Wildman–Crippen MR) is 141 cm³/mol. The van der Waals surface area contributed by atoms with E-state index in [9.17, 15) is 14.4 Å². The van der Waals surface area contributed by atoms with E-state index in [4.69, 9.17) is 28.4 Å². The molecule has 5 atom stereocenters. The second-order valence-corrected chi connectivity index (χ2v) is 11.8. The van der Waals surface area contributed by atoms with Gasteiger partial charge in [0.25, 0.3) is 0 Å². The fourth-order valence-electron chi connectivity index (χ4n) is 3.94. The van der Waals surface area contributed by atoms with E-state index < -0.39 is 53.7 Å². The average Bonchev–Trinajstić information content (AvgIpc) is 2.80. The molecule has 0 aromatic heterocycles. The molecule has 10 nitrogen and oxygen atoms in total. The molecule has 0 aromatic rings. The van der Waals surface area contributed by atoms with Gasteiger partial charge in [-0.3, -0.25) is 0 Å². The molecule has 0 spiro atoms. The van der Waals surface area contributed by atoms with E-state index in [-0.39, 0.29) is 25.9 Å². The number of cyclic esters (lactones) is 1. The Morgan fingerprint density at radius 1 is 1.08 bits per heavy atom. The smallest absolute Gasteiger partial charge is 0.420 e. The molecule has 0 saturated carbocycles. The number of carbonyl (C=O) groups excluding carboxylic acids is 3. The Kier molecular flexibility index (Phi) is 11.4. The summed E-state index contributed by atoms with van der Waals surface area (Å²) in [5.74, 6) is -0.851. The van der Waals surface area contributed by atoms with Crippen LogP contribution in [0.4, 0.5) is 9.59 Å². The fraction of sp³-hybridized carbons (Fsp3) is 0.750. The summed E-state index contributed by atoms with van der Waals surface area (Å²) >= 11 is 0. The third-order valence-electron chi connectivity index (χ3n) is 5.54. The van der Waals surface area contributed by atoms with Crippen LogP contribution in [-0.4, -0.2) is 84.5 Å². The monoisotopic (exact) mass is 539 g/mol. The van der Waals surface area contributed by atoms with Crippen molar-refractivity contribution in [2.24, 2.45) is 0 Å². The summed E-state index contributed by atoms with van der Waals surface area (Å²) in [5, 5.41) is 0. The van der Waals surface area contributed by atoms with Crippen LogP contribution in [0.2, 0.25) is 0 Å². The molecule has 1 aliphatic carbocycles. The van der Waals surface area contributed by atoms with Gasteiger partial charge >= 0.3 is 18.2 Å². The topological polar surface area (TPSA) is 110 Å². The van der Waals surface area contributed by atoms with Gasteiger partial charge in [-0.25, -0.2) is 14.4 Å². The van der Waals surface area contributed by atoms with E-state index in [1.165, 1.54) is 0 Å². The van der Waals surface area contributed by atoms with E-state index >= 15 is 0 Å². The number of nitrogens with zero attached hydrogens (tertiary/aromatic N) is 1. The van der Waals surface area contributed by atoms with Crippen LogP contribution >= 0.6 is 0 Å². The molecule has 2 amide bonds. The predicted octanol–water partition coefficient (Wildman–Crippen LogP) is 4.94. The van der Waals surface area contributed by atoms with Crippen LogP contribution in [-0.2, 0) is 33.2 Å². The molecule has 0 bridgehead atoms. The largest absolute Gasteiger partial charge is 0.458 e. The molecule has 1 saturated heterocycles. The third-order valence-corrected chi connectivity index (χ3v) is 5.54. The highest BCUT2D eigenvalue weighted by Gasteiger charge is 2.44. The molecular formula is C28H45NO9. The summed E-state index contributed by atoms with van der Waals surface area (Å²) in [5.41, 5.74) is -1.07. The number of rotatable bonds is 6. The van der Waals surface area contributed by atoms with E-state index in [1.807, 2.05) is 13.0 Å². The average molecular weight is 540 g/mol. The van der Waals surface area contributed by atoms with Gasteiger partial charge in [0.05, 0.1) is 25.9 Å². The molecule has 1 heterocycles. The summed E-state index contributed by atoms with van der Waals surface area (Å²) in [6, 6.07) is -1.45. The number of imide groups is 1. The van der Waals surface area contributed by atoms with Gasteiger partial charge in [0.1, 0.15) is 29.5 Å². The number of allylic oxidation sites excluding steroid dienone is 1. The van der Waals surface area contributed by atoms with Gasteiger partial charge in [-0.05, 0) is 74.7 Å². The molecule has 2 aliphatic rings. The molecular weight excluding hydrogens is 494 g/mol. The third kappa shape index (κ3) is 10.4. The Labute approximate surface area is 226 Å². The Morgan fingerprint density at radius 2 is 1.68 bits per heavy atom. The normalized spacial score (nSPS) is 26.8. The van der Waals surface area contributed by atoms with Gasteiger partial charge in [-0.2, -0.15) is 4.90 Å². The number of carbonyl (C=O) groups is 3. The van der Waals surface area contributed by atoms with Gasteiger partial charge in [-0.15, -0.1) is 0 Å². The quantitative estimate of drug-likeness (QED) is 0.263. The van der Waals surface area contributed by atoms with Crippen molar-refractivity contribution in [2.45, 2.75) is 116 Å². The Hall–Kier alpha value is -2.43. The van der Waals surface area contributed by atoms with Crippen molar-refractivity contribution >= 4 is 18.2 Å². The van der Waals surface area contributed by atoms with Gasteiger partial charge < -0.3 is 28.4 Å². The van der Waals surface area contributed by atoms with Crippen LogP contribution in [0.1, 0.15) is 74.7 Å². The Balaban J connectivity index is 2.37. The first kappa shape index (κ1) is 31.8. The van der Waals surface area contributed by atoms with Gasteiger partial charge in [0.15, 0.2) is 6.04 Å². The second-order valence-electron chi connectivity index (χ2n) is 11.8. The van der Waals surface area contributed by atoms with Crippen molar-refractivity contribution < 1.29 is 42.8 Å². The highest BCUT2D eigenvalue weighted by Crippen LogP contribution is 2.24. The molecule has 0 N–H and O–H groups in total. The summed E-state index contributed by atoms with van der Waals surface area (Å²) in [6.45, 7) is 17.3. The minimum absolute atomic E-state index is 0.0408. The highest BCUT2D eigenvalue weighted by molar-refractivity contribution is 5.94. The molecule has 38 heavy (non-hydrogen) atoms. The van der Waals surface area contributed by atoms with Crippen LogP contribution < -0.4 is 0 Å². The molecule has 2 rings (SSSR count).